The molecule has 0 saturated carbocycles. The fourth-order valence-corrected chi connectivity index (χ4v) is 1.47. The highest BCUT2D eigenvalue weighted by molar-refractivity contribution is 5.66. The first-order valence-corrected chi connectivity index (χ1v) is 4.30. The lowest BCUT2D eigenvalue weighted by molar-refractivity contribution is -0.137. The summed E-state index contributed by atoms with van der Waals surface area (Å²) >= 11 is 0. The van der Waals surface area contributed by atoms with E-state index in [1.165, 1.54) is 0 Å². The van der Waals surface area contributed by atoms with Crippen molar-refractivity contribution in [2.45, 2.75) is 25.4 Å². The smallest absolute Gasteiger partial charge is 0.303 e. The van der Waals surface area contributed by atoms with Gasteiger partial charge in [-0.15, -0.1) is 0 Å². The minimum absolute atomic E-state index is 0.199. The third kappa shape index (κ3) is 3.19. The molecule has 1 aliphatic rings. The van der Waals surface area contributed by atoms with Crippen LogP contribution in [0.1, 0.15) is 19.3 Å². The first-order valence-electron chi connectivity index (χ1n) is 4.30. The second-order valence-corrected chi connectivity index (χ2v) is 3.24. The third-order valence-electron chi connectivity index (χ3n) is 2.11. The number of aliphatic hydroxyl groups excluding tert-OH is 1. The molecule has 0 bridgehead atoms. The molecule has 1 rings (SSSR count). The zero-order chi connectivity index (χ0) is 8.97. The number of hydrogen-bond donors (Lipinski definition) is 2. The van der Waals surface area contributed by atoms with Gasteiger partial charge in [-0.3, -0.25) is 4.79 Å². The van der Waals surface area contributed by atoms with Crippen molar-refractivity contribution in [3.8, 4) is 0 Å². The molecule has 12 heavy (non-hydrogen) atoms. The summed E-state index contributed by atoms with van der Waals surface area (Å²) in [6, 6.07) is 0. The highest BCUT2D eigenvalue weighted by Crippen LogP contribution is 2.09. The summed E-state index contributed by atoms with van der Waals surface area (Å²) in [5.41, 5.74) is 0. The molecule has 0 aromatic carbocycles. The number of rotatable bonds is 4. The molecule has 0 spiro atoms. The first kappa shape index (κ1) is 9.48. The topological polar surface area (TPSA) is 60.8 Å². The van der Waals surface area contributed by atoms with Crippen molar-refractivity contribution in [1.29, 1.82) is 0 Å². The van der Waals surface area contributed by atoms with Gasteiger partial charge < -0.3 is 15.1 Å². The van der Waals surface area contributed by atoms with Gasteiger partial charge in [0.1, 0.15) is 0 Å². The van der Waals surface area contributed by atoms with Crippen LogP contribution >= 0.6 is 0 Å². The molecule has 0 aliphatic carbocycles. The minimum atomic E-state index is -0.741. The zero-order valence-corrected chi connectivity index (χ0v) is 7.07. The molecule has 0 aromatic heterocycles. The summed E-state index contributed by atoms with van der Waals surface area (Å²) in [7, 11) is 0. The van der Waals surface area contributed by atoms with Crippen molar-refractivity contribution in [2.75, 3.05) is 19.6 Å². The molecule has 0 radical (unpaired) electrons. The Morgan fingerprint density at radius 3 is 2.83 bits per heavy atom. The van der Waals surface area contributed by atoms with Crippen LogP contribution in [0.2, 0.25) is 0 Å². The van der Waals surface area contributed by atoms with Crippen LogP contribution in [0.5, 0.6) is 0 Å². The van der Waals surface area contributed by atoms with Gasteiger partial charge in [-0.05, 0) is 19.4 Å². The maximum absolute atomic E-state index is 10.2. The fraction of sp³-hybridized carbons (Fsp3) is 0.875. The number of likely N-dealkylation sites (tertiary alicyclic amines) is 1. The van der Waals surface area contributed by atoms with Crippen LogP contribution in [0.25, 0.3) is 0 Å². The number of aliphatic hydroxyl groups is 1. The summed E-state index contributed by atoms with van der Waals surface area (Å²) in [4.78, 5) is 12.3. The van der Waals surface area contributed by atoms with E-state index in [0.717, 1.165) is 19.5 Å². The molecule has 0 amide bonds. The van der Waals surface area contributed by atoms with Crippen LogP contribution in [0.15, 0.2) is 0 Å². The van der Waals surface area contributed by atoms with Gasteiger partial charge in [-0.2, -0.15) is 0 Å². The van der Waals surface area contributed by atoms with Crippen LogP contribution in [0.3, 0.4) is 0 Å². The number of hydrogen-bond acceptors (Lipinski definition) is 3. The van der Waals surface area contributed by atoms with Crippen LogP contribution in [0.4, 0.5) is 0 Å². The van der Waals surface area contributed by atoms with E-state index in [0.29, 0.717) is 13.0 Å². The molecule has 2 N–H and O–H groups in total. The highest BCUT2D eigenvalue weighted by atomic mass is 16.4. The van der Waals surface area contributed by atoms with Crippen molar-refractivity contribution < 1.29 is 15.0 Å². The van der Waals surface area contributed by atoms with Crippen LogP contribution < -0.4 is 0 Å². The molecular weight excluding hydrogens is 158 g/mol. The van der Waals surface area contributed by atoms with E-state index in [-0.39, 0.29) is 12.5 Å². The molecule has 0 aromatic rings. The lowest BCUT2D eigenvalue weighted by Crippen LogP contribution is -2.23. The summed E-state index contributed by atoms with van der Waals surface area (Å²) in [5, 5.41) is 17.5. The predicted molar refractivity (Wildman–Crippen MR) is 43.9 cm³/mol. The quantitative estimate of drug-likeness (QED) is 0.624. The van der Waals surface area contributed by atoms with Crippen LogP contribution in [-0.4, -0.2) is 46.8 Å². The average molecular weight is 173 g/mol. The second kappa shape index (κ2) is 4.42. The Bertz CT molecular complexity index is 160. The maximum atomic E-state index is 10.2. The molecule has 1 aliphatic heterocycles. The number of nitrogens with zero attached hydrogens (tertiary/aromatic N) is 1. The van der Waals surface area contributed by atoms with Crippen molar-refractivity contribution in [3.63, 3.8) is 0 Å². The summed E-state index contributed by atoms with van der Waals surface area (Å²) < 4.78 is 0. The SMILES string of the molecule is O=C(O)CCCN1CCC(O)C1. The van der Waals surface area contributed by atoms with E-state index < -0.39 is 5.97 Å². The molecule has 70 valence electrons. The van der Waals surface area contributed by atoms with Crippen molar-refractivity contribution in [2.24, 2.45) is 0 Å². The largest absolute Gasteiger partial charge is 0.481 e. The lowest BCUT2D eigenvalue weighted by atomic mass is 10.3. The van der Waals surface area contributed by atoms with Crippen molar-refractivity contribution in [3.05, 3.63) is 0 Å². The molecule has 1 fully saturated rings. The molecular formula is C8H15NO3. The van der Waals surface area contributed by atoms with Gasteiger partial charge in [-0.1, -0.05) is 0 Å². The molecule has 1 atom stereocenters. The Morgan fingerprint density at radius 2 is 2.33 bits per heavy atom. The molecule has 1 saturated heterocycles. The Balaban J connectivity index is 2.04. The van der Waals surface area contributed by atoms with Gasteiger partial charge in [0.05, 0.1) is 6.10 Å². The average Bonchev–Trinajstić information content (AvgIpc) is 2.35. The normalized spacial score (nSPS) is 24.6. The van der Waals surface area contributed by atoms with E-state index in [2.05, 4.69) is 4.90 Å². The molecule has 1 heterocycles. The van der Waals surface area contributed by atoms with Gasteiger partial charge >= 0.3 is 5.97 Å². The Labute approximate surface area is 71.8 Å². The third-order valence-corrected chi connectivity index (χ3v) is 2.11. The summed E-state index contributed by atoms with van der Waals surface area (Å²) in [6.07, 6.45) is 1.54. The molecule has 4 nitrogen and oxygen atoms in total. The fourth-order valence-electron chi connectivity index (χ4n) is 1.47. The standard InChI is InChI=1S/C8H15NO3/c10-7-3-5-9(6-7)4-1-2-8(11)12/h7,10H,1-6H2,(H,11,12). The predicted octanol–water partition coefficient (Wildman–Crippen LogP) is -0.0822. The Morgan fingerprint density at radius 1 is 1.58 bits per heavy atom. The van der Waals surface area contributed by atoms with Crippen molar-refractivity contribution >= 4 is 5.97 Å². The number of carboxylic acid groups (broad SMARTS) is 1. The van der Waals surface area contributed by atoms with E-state index in [1.54, 1.807) is 0 Å². The maximum Gasteiger partial charge on any atom is 0.303 e. The van der Waals surface area contributed by atoms with E-state index in [1.807, 2.05) is 0 Å². The summed E-state index contributed by atoms with van der Waals surface area (Å²) in [6.45, 7) is 2.41. The number of β-amino-alcohol motifs (C(OH)–C–C–N with tert-alkyl or cyclic N) is 1. The van der Waals surface area contributed by atoms with Crippen LogP contribution in [0, 0.1) is 0 Å². The summed E-state index contributed by atoms with van der Waals surface area (Å²) in [5.74, 6) is -0.741. The van der Waals surface area contributed by atoms with E-state index in [9.17, 15) is 4.79 Å². The monoisotopic (exact) mass is 173 g/mol. The highest BCUT2D eigenvalue weighted by Gasteiger charge is 2.19. The Hall–Kier alpha value is -0.610. The Kier molecular flexibility index (Phi) is 3.49. The lowest BCUT2D eigenvalue weighted by Gasteiger charge is -2.13. The van der Waals surface area contributed by atoms with Crippen molar-refractivity contribution in [1.82, 2.24) is 4.90 Å². The van der Waals surface area contributed by atoms with Crippen LogP contribution in [-0.2, 0) is 4.79 Å². The number of aliphatic carboxylic acids is 1. The van der Waals surface area contributed by atoms with E-state index >= 15 is 0 Å². The minimum Gasteiger partial charge on any atom is -0.481 e. The van der Waals surface area contributed by atoms with E-state index in [4.69, 9.17) is 10.2 Å². The number of carbonyl (C=O) groups is 1. The number of carboxylic acids is 1. The van der Waals surface area contributed by atoms with Gasteiger partial charge in [0.25, 0.3) is 0 Å². The molecule has 1 unspecified atom stereocenters. The zero-order valence-electron chi connectivity index (χ0n) is 7.07. The molecule has 4 heteroatoms. The first-order chi connectivity index (χ1) is 5.68. The van der Waals surface area contributed by atoms with Gasteiger partial charge in [0.2, 0.25) is 0 Å². The van der Waals surface area contributed by atoms with Gasteiger partial charge in [0, 0.05) is 19.5 Å². The second-order valence-electron chi connectivity index (χ2n) is 3.24. The van der Waals surface area contributed by atoms with Gasteiger partial charge in [-0.25, -0.2) is 0 Å². The van der Waals surface area contributed by atoms with Gasteiger partial charge in [0.15, 0.2) is 0 Å².